The van der Waals surface area contributed by atoms with Gasteiger partial charge in [0.2, 0.25) is 0 Å². The second-order valence-electron chi connectivity index (χ2n) is 4.45. The third-order valence-electron chi connectivity index (χ3n) is 2.77. The summed E-state index contributed by atoms with van der Waals surface area (Å²) in [6.07, 6.45) is 1.86. The standard InChI is InChI=1S/C15H20N4S.HI/c1-2-9-17-15(16)18-10-8-13-11-20-14(19-13)12-6-4-3-5-7-12;/h3-7,11H,2,8-10H2,1H3,(H3,16,17,18);1H. The third kappa shape index (κ3) is 6.01. The van der Waals surface area contributed by atoms with Crippen molar-refractivity contribution in [1.82, 2.24) is 10.3 Å². The number of halogens is 1. The van der Waals surface area contributed by atoms with Crippen molar-refractivity contribution in [2.45, 2.75) is 19.8 Å². The molecule has 0 saturated carbocycles. The Hall–Kier alpha value is -1.15. The molecule has 0 saturated heterocycles. The Morgan fingerprint density at radius 1 is 1.33 bits per heavy atom. The quantitative estimate of drug-likeness (QED) is 0.432. The van der Waals surface area contributed by atoms with Gasteiger partial charge in [0, 0.05) is 30.5 Å². The van der Waals surface area contributed by atoms with Crippen LogP contribution in [0.2, 0.25) is 0 Å². The molecule has 114 valence electrons. The van der Waals surface area contributed by atoms with Gasteiger partial charge in [0.15, 0.2) is 5.96 Å². The van der Waals surface area contributed by atoms with Crippen LogP contribution in [-0.4, -0.2) is 24.0 Å². The topological polar surface area (TPSA) is 63.3 Å². The van der Waals surface area contributed by atoms with Gasteiger partial charge in [-0.2, -0.15) is 0 Å². The van der Waals surface area contributed by atoms with Crippen LogP contribution < -0.4 is 11.1 Å². The highest BCUT2D eigenvalue weighted by Crippen LogP contribution is 2.23. The number of nitrogens with one attached hydrogen (secondary N) is 1. The van der Waals surface area contributed by atoms with Gasteiger partial charge in [0.05, 0.1) is 5.69 Å². The normalized spacial score (nSPS) is 11.0. The second-order valence-corrected chi connectivity index (χ2v) is 5.31. The van der Waals surface area contributed by atoms with Crippen LogP contribution in [-0.2, 0) is 6.42 Å². The van der Waals surface area contributed by atoms with Crippen molar-refractivity contribution in [2.24, 2.45) is 10.7 Å². The summed E-state index contributed by atoms with van der Waals surface area (Å²) in [4.78, 5) is 8.83. The van der Waals surface area contributed by atoms with E-state index in [2.05, 4.69) is 39.7 Å². The molecule has 0 fully saturated rings. The molecule has 21 heavy (non-hydrogen) atoms. The molecule has 1 aromatic heterocycles. The predicted octanol–water partition coefficient (Wildman–Crippen LogP) is 3.28. The lowest BCUT2D eigenvalue weighted by Crippen LogP contribution is -2.33. The number of benzene rings is 1. The third-order valence-corrected chi connectivity index (χ3v) is 3.71. The minimum Gasteiger partial charge on any atom is -0.370 e. The molecule has 0 aliphatic heterocycles. The van der Waals surface area contributed by atoms with Crippen molar-refractivity contribution < 1.29 is 0 Å². The van der Waals surface area contributed by atoms with E-state index in [0.29, 0.717) is 5.96 Å². The van der Waals surface area contributed by atoms with Crippen LogP contribution >= 0.6 is 35.3 Å². The fraction of sp³-hybridized carbons (Fsp3) is 0.333. The van der Waals surface area contributed by atoms with Gasteiger partial charge < -0.3 is 11.1 Å². The number of guanidine groups is 1. The highest BCUT2D eigenvalue weighted by atomic mass is 127. The molecule has 0 radical (unpaired) electrons. The van der Waals surface area contributed by atoms with Crippen LogP contribution in [0.3, 0.4) is 0 Å². The molecule has 6 heteroatoms. The number of hydrogen-bond acceptors (Lipinski definition) is 3. The zero-order chi connectivity index (χ0) is 14.2. The molecular weight excluding hydrogens is 395 g/mol. The number of aromatic nitrogens is 1. The van der Waals surface area contributed by atoms with E-state index in [1.165, 1.54) is 5.56 Å². The fourth-order valence-electron chi connectivity index (χ4n) is 1.74. The minimum atomic E-state index is 0. The Morgan fingerprint density at radius 3 is 2.81 bits per heavy atom. The second kappa shape index (κ2) is 9.73. The molecule has 4 nitrogen and oxygen atoms in total. The maximum absolute atomic E-state index is 5.74. The van der Waals surface area contributed by atoms with Crippen molar-refractivity contribution >= 4 is 41.3 Å². The Labute approximate surface area is 146 Å². The van der Waals surface area contributed by atoms with Gasteiger partial charge in [0.1, 0.15) is 5.01 Å². The predicted molar refractivity (Wildman–Crippen MR) is 101 cm³/mol. The summed E-state index contributed by atoms with van der Waals surface area (Å²) in [7, 11) is 0. The first-order valence-electron chi connectivity index (χ1n) is 6.83. The van der Waals surface area contributed by atoms with Crippen molar-refractivity contribution in [1.29, 1.82) is 0 Å². The first kappa shape index (κ1) is 17.9. The van der Waals surface area contributed by atoms with Crippen molar-refractivity contribution in [3.63, 3.8) is 0 Å². The maximum atomic E-state index is 5.74. The lowest BCUT2D eigenvalue weighted by atomic mass is 10.2. The van der Waals surface area contributed by atoms with E-state index in [9.17, 15) is 0 Å². The number of nitrogens with zero attached hydrogens (tertiary/aromatic N) is 2. The number of aliphatic imine (C=N–C) groups is 1. The van der Waals surface area contributed by atoms with Crippen molar-refractivity contribution in [3.05, 3.63) is 41.4 Å². The molecule has 0 spiro atoms. The van der Waals surface area contributed by atoms with Crippen LogP contribution in [0.15, 0.2) is 40.7 Å². The summed E-state index contributed by atoms with van der Waals surface area (Å²) in [5, 5.41) is 6.27. The Balaban J connectivity index is 0.00000220. The van der Waals surface area contributed by atoms with Gasteiger partial charge in [0.25, 0.3) is 0 Å². The SMILES string of the molecule is CCCN=C(N)NCCc1csc(-c2ccccc2)n1.I. The lowest BCUT2D eigenvalue weighted by molar-refractivity contribution is 0.827. The van der Waals surface area contributed by atoms with Crippen LogP contribution in [0, 0.1) is 0 Å². The summed E-state index contributed by atoms with van der Waals surface area (Å²) >= 11 is 1.67. The minimum absolute atomic E-state index is 0. The highest BCUT2D eigenvalue weighted by Gasteiger charge is 2.04. The number of thiazole rings is 1. The summed E-state index contributed by atoms with van der Waals surface area (Å²) in [5.41, 5.74) is 8.00. The lowest BCUT2D eigenvalue weighted by Gasteiger charge is -2.03. The van der Waals surface area contributed by atoms with Gasteiger partial charge in [-0.25, -0.2) is 4.98 Å². The van der Waals surface area contributed by atoms with E-state index in [1.54, 1.807) is 11.3 Å². The largest absolute Gasteiger partial charge is 0.370 e. The van der Waals surface area contributed by atoms with E-state index in [4.69, 9.17) is 5.73 Å². The van der Waals surface area contributed by atoms with E-state index >= 15 is 0 Å². The van der Waals surface area contributed by atoms with E-state index < -0.39 is 0 Å². The van der Waals surface area contributed by atoms with Gasteiger partial charge in [-0.15, -0.1) is 35.3 Å². The molecule has 0 aliphatic carbocycles. The zero-order valence-electron chi connectivity index (χ0n) is 12.1. The highest BCUT2D eigenvalue weighted by molar-refractivity contribution is 14.0. The van der Waals surface area contributed by atoms with Gasteiger partial charge in [-0.05, 0) is 6.42 Å². The molecule has 2 rings (SSSR count). The molecule has 0 aliphatic rings. The summed E-state index contributed by atoms with van der Waals surface area (Å²) in [5.74, 6) is 0.519. The van der Waals surface area contributed by atoms with Crippen molar-refractivity contribution in [2.75, 3.05) is 13.1 Å². The number of rotatable bonds is 6. The average molecular weight is 416 g/mol. The molecule has 0 atom stereocenters. The van der Waals surface area contributed by atoms with Crippen LogP contribution in [0.4, 0.5) is 0 Å². The molecule has 0 bridgehead atoms. The molecule has 1 aromatic carbocycles. The average Bonchev–Trinajstić information content (AvgIpc) is 2.95. The van der Waals surface area contributed by atoms with Crippen LogP contribution in [0.5, 0.6) is 0 Å². The van der Waals surface area contributed by atoms with Gasteiger partial charge in [-0.1, -0.05) is 37.3 Å². The first-order valence-corrected chi connectivity index (χ1v) is 7.71. The molecular formula is C15H21IN4S. The Kier molecular flexibility index (Phi) is 8.29. The van der Waals surface area contributed by atoms with Gasteiger partial charge in [-0.3, -0.25) is 4.99 Å². The fourth-order valence-corrected chi connectivity index (χ4v) is 2.60. The Morgan fingerprint density at radius 2 is 2.10 bits per heavy atom. The molecule has 0 unspecified atom stereocenters. The number of nitrogens with two attached hydrogens (primary N) is 1. The molecule has 2 aromatic rings. The van der Waals surface area contributed by atoms with Crippen molar-refractivity contribution in [3.8, 4) is 10.6 Å². The van der Waals surface area contributed by atoms with Crippen LogP contribution in [0.1, 0.15) is 19.0 Å². The van der Waals surface area contributed by atoms with Crippen LogP contribution in [0.25, 0.3) is 10.6 Å². The maximum Gasteiger partial charge on any atom is 0.188 e. The molecule has 0 amide bonds. The number of hydrogen-bond donors (Lipinski definition) is 2. The monoisotopic (exact) mass is 416 g/mol. The molecule has 1 heterocycles. The molecule has 3 N–H and O–H groups in total. The first-order chi connectivity index (χ1) is 9.79. The summed E-state index contributed by atoms with van der Waals surface area (Å²) < 4.78 is 0. The van der Waals surface area contributed by atoms with Gasteiger partial charge >= 0.3 is 0 Å². The summed E-state index contributed by atoms with van der Waals surface area (Å²) in [6.45, 7) is 3.61. The summed E-state index contributed by atoms with van der Waals surface area (Å²) in [6, 6.07) is 10.2. The zero-order valence-corrected chi connectivity index (χ0v) is 15.2. The van der Waals surface area contributed by atoms with E-state index in [0.717, 1.165) is 36.6 Å². The van der Waals surface area contributed by atoms with E-state index in [-0.39, 0.29) is 24.0 Å². The smallest absolute Gasteiger partial charge is 0.188 e. The van der Waals surface area contributed by atoms with E-state index in [1.807, 2.05) is 18.2 Å². The Bertz CT molecular complexity index is 554.